The number of hydrogen-bond acceptors (Lipinski definition) is 8. The second-order valence-corrected chi connectivity index (χ2v) is 11.9. The van der Waals surface area contributed by atoms with Gasteiger partial charge in [-0.25, -0.2) is 9.78 Å². The second-order valence-electron chi connectivity index (χ2n) is 11.9. The lowest BCUT2D eigenvalue weighted by molar-refractivity contribution is -0.217. The average molecular weight is 605 g/mol. The average Bonchev–Trinajstić information content (AvgIpc) is 3.34. The molecule has 3 aliphatic rings. The lowest BCUT2D eigenvalue weighted by Crippen LogP contribution is -2.51. The standard InChI is InChI=1S/C31H39F3N4O5/c1-22(2)21-42-25-8-4-3-6-23(25)20-36-13-9-30(10-14-36)11-15-38(28(30)43-29(40)31(32,33)34)27(39)24-7-5-12-35-26(24)37-16-18-41-19-17-37/h3-8,12,22,28H,9-11,13-21H2,1-2H3. The van der Waals surface area contributed by atoms with Crippen molar-refractivity contribution in [2.24, 2.45) is 11.3 Å². The van der Waals surface area contributed by atoms with Crippen LogP contribution in [0, 0.1) is 11.3 Å². The van der Waals surface area contributed by atoms with Gasteiger partial charge in [0.1, 0.15) is 11.6 Å². The molecule has 1 amide bonds. The van der Waals surface area contributed by atoms with E-state index >= 15 is 0 Å². The number of aromatic nitrogens is 1. The van der Waals surface area contributed by atoms with Gasteiger partial charge >= 0.3 is 12.1 Å². The molecule has 0 aliphatic carbocycles. The van der Waals surface area contributed by atoms with Gasteiger partial charge in [-0.3, -0.25) is 9.69 Å². The van der Waals surface area contributed by atoms with E-state index in [9.17, 15) is 22.8 Å². The molecule has 234 valence electrons. The third kappa shape index (κ3) is 7.06. The van der Waals surface area contributed by atoms with Gasteiger partial charge in [0.05, 0.1) is 25.4 Å². The van der Waals surface area contributed by atoms with Crippen molar-refractivity contribution < 1.29 is 37.0 Å². The number of morpholine rings is 1. The molecule has 0 saturated carbocycles. The van der Waals surface area contributed by atoms with Crippen molar-refractivity contribution in [1.29, 1.82) is 0 Å². The zero-order chi connectivity index (χ0) is 30.6. The number of benzene rings is 1. The molecule has 1 aromatic carbocycles. The lowest BCUT2D eigenvalue weighted by Gasteiger charge is -2.43. The Morgan fingerprint density at radius 2 is 1.72 bits per heavy atom. The zero-order valence-electron chi connectivity index (χ0n) is 24.6. The number of carbonyl (C=O) groups is 2. The summed E-state index contributed by atoms with van der Waals surface area (Å²) in [5, 5.41) is 0. The molecule has 0 bridgehead atoms. The van der Waals surface area contributed by atoms with Crippen molar-refractivity contribution in [1.82, 2.24) is 14.8 Å². The number of pyridine rings is 1. The summed E-state index contributed by atoms with van der Waals surface area (Å²) >= 11 is 0. The summed E-state index contributed by atoms with van der Waals surface area (Å²) in [5.41, 5.74) is 0.516. The maximum Gasteiger partial charge on any atom is 0.491 e. The fraction of sp³-hybridized carbons (Fsp3) is 0.581. The first-order chi connectivity index (χ1) is 20.6. The molecule has 9 nitrogen and oxygen atoms in total. The quantitative estimate of drug-likeness (QED) is 0.407. The first kappa shape index (κ1) is 31.1. The van der Waals surface area contributed by atoms with Gasteiger partial charge in [0.15, 0.2) is 6.23 Å². The summed E-state index contributed by atoms with van der Waals surface area (Å²) in [5.74, 6) is -1.13. The number of amides is 1. The SMILES string of the molecule is CC(C)COc1ccccc1CN1CCC2(CC1)CCN(C(=O)c1cccnc1N1CCOCC1)C2OC(=O)C(F)(F)F. The Kier molecular flexibility index (Phi) is 9.45. The van der Waals surface area contributed by atoms with Crippen LogP contribution in [0.5, 0.6) is 5.75 Å². The van der Waals surface area contributed by atoms with Crippen LogP contribution in [0.1, 0.15) is 49.0 Å². The number of ether oxygens (including phenoxy) is 3. The predicted octanol–water partition coefficient (Wildman–Crippen LogP) is 4.51. The maximum absolute atomic E-state index is 14.0. The van der Waals surface area contributed by atoms with E-state index in [1.54, 1.807) is 18.3 Å². The smallest absolute Gasteiger partial charge is 0.491 e. The summed E-state index contributed by atoms with van der Waals surface area (Å²) in [6, 6.07) is 11.1. The van der Waals surface area contributed by atoms with Crippen LogP contribution >= 0.6 is 0 Å². The molecule has 12 heteroatoms. The number of alkyl halides is 3. The molecule has 1 unspecified atom stereocenters. The minimum atomic E-state index is -5.17. The summed E-state index contributed by atoms with van der Waals surface area (Å²) < 4.78 is 57.0. The molecule has 5 rings (SSSR count). The van der Waals surface area contributed by atoms with Crippen LogP contribution in [0.15, 0.2) is 42.6 Å². The molecule has 1 aromatic heterocycles. The normalized spacial score (nSPS) is 20.9. The van der Waals surface area contributed by atoms with Crippen LogP contribution < -0.4 is 9.64 Å². The highest BCUT2D eigenvalue weighted by Gasteiger charge is 2.55. The van der Waals surface area contributed by atoms with Gasteiger partial charge in [-0.15, -0.1) is 0 Å². The van der Waals surface area contributed by atoms with Crippen molar-refractivity contribution in [3.63, 3.8) is 0 Å². The molecule has 43 heavy (non-hydrogen) atoms. The third-order valence-corrected chi connectivity index (χ3v) is 8.49. The van der Waals surface area contributed by atoms with Crippen molar-refractivity contribution >= 4 is 17.7 Å². The molecule has 2 aromatic rings. The number of hydrogen-bond donors (Lipinski definition) is 0. The third-order valence-electron chi connectivity index (χ3n) is 8.49. The number of carbonyl (C=O) groups excluding carboxylic acids is 2. The second kappa shape index (κ2) is 13.1. The lowest BCUT2D eigenvalue weighted by atomic mass is 9.76. The molecule has 0 radical (unpaired) electrons. The Morgan fingerprint density at radius 1 is 1.02 bits per heavy atom. The summed E-state index contributed by atoms with van der Waals surface area (Å²) in [6.45, 7) is 8.76. The summed E-state index contributed by atoms with van der Waals surface area (Å²) in [6.07, 6.45) is -3.54. The van der Waals surface area contributed by atoms with Gasteiger partial charge in [-0.1, -0.05) is 32.0 Å². The molecule has 1 spiro atoms. The molecule has 1 atom stereocenters. The van der Waals surface area contributed by atoms with E-state index in [-0.39, 0.29) is 12.1 Å². The van der Waals surface area contributed by atoms with Gasteiger partial charge in [-0.05, 0) is 56.5 Å². The number of halogens is 3. The highest BCUT2D eigenvalue weighted by Crippen LogP contribution is 2.47. The van der Waals surface area contributed by atoms with Gasteiger partial charge < -0.3 is 24.0 Å². The molecule has 3 saturated heterocycles. The number of rotatable bonds is 8. The first-order valence-corrected chi connectivity index (χ1v) is 14.9. The highest BCUT2D eigenvalue weighted by molar-refractivity contribution is 5.99. The van der Waals surface area contributed by atoms with E-state index in [4.69, 9.17) is 14.2 Å². The molecule has 3 fully saturated rings. The van der Waals surface area contributed by atoms with Crippen LogP contribution in [-0.4, -0.2) is 91.6 Å². The molecule has 0 N–H and O–H groups in total. The van der Waals surface area contributed by atoms with E-state index in [0.29, 0.717) is 83.5 Å². The molecule has 4 heterocycles. The van der Waals surface area contributed by atoms with Gasteiger partial charge in [0, 0.05) is 43.4 Å². The fourth-order valence-corrected chi connectivity index (χ4v) is 6.15. The maximum atomic E-state index is 14.0. The predicted molar refractivity (Wildman–Crippen MR) is 153 cm³/mol. The van der Waals surface area contributed by atoms with Crippen LogP contribution in [0.25, 0.3) is 0 Å². The number of likely N-dealkylation sites (tertiary alicyclic amines) is 2. The van der Waals surface area contributed by atoms with Crippen LogP contribution in [0.2, 0.25) is 0 Å². The van der Waals surface area contributed by atoms with Crippen molar-refractivity contribution in [3.8, 4) is 5.75 Å². The van der Waals surface area contributed by atoms with E-state index in [1.165, 1.54) is 4.90 Å². The van der Waals surface area contributed by atoms with Crippen molar-refractivity contribution in [2.75, 3.05) is 57.4 Å². The largest absolute Gasteiger partial charge is 0.493 e. The van der Waals surface area contributed by atoms with Gasteiger partial charge in [0.25, 0.3) is 5.91 Å². The van der Waals surface area contributed by atoms with Gasteiger partial charge in [0.2, 0.25) is 0 Å². The summed E-state index contributed by atoms with van der Waals surface area (Å²) in [7, 11) is 0. The van der Waals surface area contributed by atoms with E-state index in [1.807, 2.05) is 29.2 Å². The topological polar surface area (TPSA) is 84.4 Å². The van der Waals surface area contributed by atoms with Crippen molar-refractivity contribution in [3.05, 3.63) is 53.7 Å². The number of anilines is 1. The van der Waals surface area contributed by atoms with Crippen LogP contribution in [0.3, 0.4) is 0 Å². The molecule has 3 aliphatic heterocycles. The molecular weight excluding hydrogens is 565 g/mol. The highest BCUT2D eigenvalue weighted by atomic mass is 19.4. The van der Waals surface area contributed by atoms with E-state index in [0.717, 1.165) is 11.3 Å². The van der Waals surface area contributed by atoms with E-state index in [2.05, 4.69) is 23.7 Å². The zero-order valence-corrected chi connectivity index (χ0v) is 24.6. The van der Waals surface area contributed by atoms with Crippen LogP contribution in [-0.2, 0) is 20.8 Å². The number of esters is 1. The fourth-order valence-electron chi connectivity index (χ4n) is 6.15. The van der Waals surface area contributed by atoms with Crippen molar-refractivity contribution in [2.45, 2.75) is 52.1 Å². The molecular formula is C31H39F3N4O5. The van der Waals surface area contributed by atoms with E-state index < -0.39 is 29.7 Å². The monoisotopic (exact) mass is 604 g/mol. The Labute approximate surface area is 249 Å². The van der Waals surface area contributed by atoms with Crippen LogP contribution in [0.4, 0.5) is 19.0 Å². The minimum Gasteiger partial charge on any atom is -0.493 e. The number of nitrogens with zero attached hydrogens (tertiary/aromatic N) is 4. The summed E-state index contributed by atoms with van der Waals surface area (Å²) in [4.78, 5) is 36.0. The minimum absolute atomic E-state index is 0.179. The Bertz CT molecular complexity index is 1280. The Balaban J connectivity index is 1.34. The number of piperidine rings is 1. The van der Waals surface area contributed by atoms with Gasteiger partial charge in [-0.2, -0.15) is 13.2 Å². The first-order valence-electron chi connectivity index (χ1n) is 14.9. The number of para-hydroxylation sites is 1. The Morgan fingerprint density at radius 3 is 2.42 bits per heavy atom. The Hall–Kier alpha value is -3.38.